The number of rotatable bonds is 8. The molecule has 0 atom stereocenters. The Kier molecular flexibility index (Phi) is 5.87. The van der Waals surface area contributed by atoms with Gasteiger partial charge in [-0.05, 0) is 36.8 Å². The van der Waals surface area contributed by atoms with E-state index in [1.54, 1.807) is 0 Å². The molecule has 1 rings (SSSR count). The van der Waals surface area contributed by atoms with Gasteiger partial charge in [0.15, 0.2) is 0 Å². The van der Waals surface area contributed by atoms with E-state index in [9.17, 15) is 5.11 Å². The molecule has 0 radical (unpaired) electrons. The maximum Gasteiger partial charge on any atom is 0.123 e. The first-order valence-electron chi connectivity index (χ1n) is 6.48. The molecule has 0 aliphatic rings. The number of phenolic OH excluding ortho intramolecular Hbond substituents is 1. The third-order valence-electron chi connectivity index (χ3n) is 3.12. The van der Waals surface area contributed by atoms with Gasteiger partial charge in [-0.2, -0.15) is 0 Å². The molecule has 1 heteroatoms. The highest BCUT2D eigenvalue weighted by Crippen LogP contribution is 2.32. The number of phenols is 1. The van der Waals surface area contributed by atoms with Gasteiger partial charge in [-0.1, -0.05) is 30.4 Å². The summed E-state index contributed by atoms with van der Waals surface area (Å²) in [6.45, 7) is 15.1. The minimum Gasteiger partial charge on any atom is -0.507 e. The van der Waals surface area contributed by atoms with Crippen LogP contribution >= 0.6 is 0 Å². The van der Waals surface area contributed by atoms with Gasteiger partial charge in [0.25, 0.3) is 0 Å². The summed E-state index contributed by atoms with van der Waals surface area (Å²) in [5, 5.41) is 10.5. The van der Waals surface area contributed by atoms with E-state index >= 15 is 0 Å². The molecule has 0 saturated heterocycles. The predicted octanol–water partition coefficient (Wildman–Crippen LogP) is 4.31. The molecule has 0 amide bonds. The molecule has 0 unspecified atom stereocenters. The minimum absolute atomic E-state index is 0.371. The molecule has 1 nitrogen and oxygen atoms in total. The molecule has 0 aliphatic carbocycles. The van der Waals surface area contributed by atoms with Crippen molar-refractivity contribution in [3.8, 4) is 5.75 Å². The fourth-order valence-corrected chi connectivity index (χ4v) is 2.29. The molecule has 0 fully saturated rings. The topological polar surface area (TPSA) is 20.2 Å². The van der Waals surface area contributed by atoms with Crippen molar-refractivity contribution in [2.24, 2.45) is 0 Å². The average molecular weight is 254 g/mol. The van der Waals surface area contributed by atoms with Gasteiger partial charge in [0.1, 0.15) is 5.75 Å². The van der Waals surface area contributed by atoms with Gasteiger partial charge in [0.2, 0.25) is 0 Å². The van der Waals surface area contributed by atoms with E-state index in [1.807, 2.05) is 24.3 Å². The van der Waals surface area contributed by atoms with Crippen LogP contribution in [0.15, 0.2) is 56.7 Å². The Bertz CT molecular complexity index is 453. The van der Waals surface area contributed by atoms with Gasteiger partial charge in [-0.25, -0.2) is 0 Å². The van der Waals surface area contributed by atoms with Crippen molar-refractivity contribution in [3.05, 3.63) is 78.9 Å². The zero-order valence-corrected chi connectivity index (χ0v) is 11.5. The largest absolute Gasteiger partial charge is 0.507 e. The number of allylic oxidation sites excluding steroid dienone is 4. The molecule has 1 aromatic rings. The van der Waals surface area contributed by atoms with Crippen LogP contribution in [0.2, 0.25) is 0 Å². The molecule has 0 saturated carbocycles. The van der Waals surface area contributed by atoms with E-state index in [4.69, 9.17) is 0 Å². The summed E-state index contributed by atoms with van der Waals surface area (Å²) in [5.41, 5.74) is 4.10. The van der Waals surface area contributed by atoms with Crippen molar-refractivity contribution in [2.45, 2.75) is 25.7 Å². The quantitative estimate of drug-likeness (QED) is 0.685. The lowest BCUT2D eigenvalue weighted by atomic mass is 9.90. The molecule has 0 aromatic heterocycles. The van der Waals surface area contributed by atoms with Gasteiger partial charge in [0, 0.05) is 11.1 Å². The minimum atomic E-state index is 0.371. The molecule has 0 spiro atoms. The smallest absolute Gasteiger partial charge is 0.123 e. The van der Waals surface area contributed by atoms with Crippen LogP contribution in [-0.4, -0.2) is 5.11 Å². The predicted molar refractivity (Wildman–Crippen MR) is 83.7 cm³/mol. The molecule has 0 heterocycles. The van der Waals surface area contributed by atoms with Crippen LogP contribution in [-0.2, 0) is 25.7 Å². The number of benzene rings is 1. The molecular formula is C18H22O. The summed E-state index contributed by atoms with van der Waals surface area (Å²) in [7, 11) is 0. The summed E-state index contributed by atoms with van der Waals surface area (Å²) in [4.78, 5) is 0. The molecule has 0 aliphatic heterocycles. The van der Waals surface area contributed by atoms with E-state index in [1.165, 1.54) is 0 Å². The molecule has 1 N–H and O–H groups in total. The van der Waals surface area contributed by atoms with Crippen LogP contribution in [0.3, 0.4) is 0 Å². The highest BCUT2D eigenvalue weighted by molar-refractivity contribution is 5.52. The number of hydrogen-bond acceptors (Lipinski definition) is 1. The second-order valence-electron chi connectivity index (χ2n) is 4.47. The van der Waals surface area contributed by atoms with Crippen LogP contribution in [0, 0.1) is 0 Å². The SMILES string of the molecule is C=CCc1cc(CC=C)c(CC=C)c(O)c1CC=C. The van der Waals surface area contributed by atoms with Crippen molar-refractivity contribution < 1.29 is 5.11 Å². The lowest BCUT2D eigenvalue weighted by molar-refractivity contribution is 0.462. The van der Waals surface area contributed by atoms with E-state index in [0.717, 1.165) is 35.1 Å². The van der Waals surface area contributed by atoms with Crippen molar-refractivity contribution in [2.75, 3.05) is 0 Å². The monoisotopic (exact) mass is 254 g/mol. The van der Waals surface area contributed by atoms with E-state index in [2.05, 4.69) is 32.4 Å². The standard InChI is InChI=1S/C18H22O/c1-5-9-14-13-15(10-6-2)17(12-8-4)18(19)16(14)11-7-3/h5-8,13,19H,1-4,9-12H2. The Morgan fingerprint density at radius 3 is 1.42 bits per heavy atom. The summed E-state index contributed by atoms with van der Waals surface area (Å²) < 4.78 is 0. The lowest BCUT2D eigenvalue weighted by Crippen LogP contribution is -2.01. The van der Waals surface area contributed by atoms with Crippen LogP contribution in [0.4, 0.5) is 0 Å². The number of hydrogen-bond donors (Lipinski definition) is 1. The van der Waals surface area contributed by atoms with Crippen LogP contribution in [0.1, 0.15) is 22.3 Å². The van der Waals surface area contributed by atoms with Gasteiger partial charge < -0.3 is 5.11 Å². The Morgan fingerprint density at radius 2 is 1.11 bits per heavy atom. The maximum absolute atomic E-state index is 10.5. The van der Waals surface area contributed by atoms with E-state index in [-0.39, 0.29) is 0 Å². The van der Waals surface area contributed by atoms with Gasteiger partial charge in [-0.3, -0.25) is 0 Å². The second kappa shape index (κ2) is 7.42. The van der Waals surface area contributed by atoms with Crippen molar-refractivity contribution in [1.82, 2.24) is 0 Å². The molecule has 0 bridgehead atoms. The Labute approximate surface area is 116 Å². The van der Waals surface area contributed by atoms with Crippen molar-refractivity contribution in [3.63, 3.8) is 0 Å². The van der Waals surface area contributed by atoms with Gasteiger partial charge in [0.05, 0.1) is 0 Å². The summed E-state index contributed by atoms with van der Waals surface area (Å²) in [5.74, 6) is 0.371. The fraction of sp³-hybridized carbons (Fsp3) is 0.222. The average Bonchev–Trinajstić information content (AvgIpc) is 2.39. The molecule has 19 heavy (non-hydrogen) atoms. The first-order chi connectivity index (χ1) is 9.19. The van der Waals surface area contributed by atoms with Gasteiger partial charge in [-0.15, -0.1) is 26.3 Å². The lowest BCUT2D eigenvalue weighted by Gasteiger charge is -2.17. The third kappa shape index (κ3) is 3.47. The van der Waals surface area contributed by atoms with Crippen LogP contribution < -0.4 is 0 Å². The fourth-order valence-electron chi connectivity index (χ4n) is 2.29. The summed E-state index contributed by atoms with van der Waals surface area (Å²) in [6.07, 6.45) is 10.1. The maximum atomic E-state index is 10.5. The normalized spacial score (nSPS) is 9.89. The van der Waals surface area contributed by atoms with Crippen LogP contribution in [0.5, 0.6) is 5.75 Å². The van der Waals surface area contributed by atoms with E-state index in [0.29, 0.717) is 18.6 Å². The third-order valence-corrected chi connectivity index (χ3v) is 3.12. The summed E-state index contributed by atoms with van der Waals surface area (Å²) >= 11 is 0. The van der Waals surface area contributed by atoms with E-state index < -0.39 is 0 Å². The van der Waals surface area contributed by atoms with Gasteiger partial charge >= 0.3 is 0 Å². The second-order valence-corrected chi connectivity index (χ2v) is 4.47. The first-order valence-corrected chi connectivity index (χ1v) is 6.48. The summed E-state index contributed by atoms with van der Waals surface area (Å²) in [6, 6.07) is 2.14. The van der Waals surface area contributed by atoms with Crippen molar-refractivity contribution in [1.29, 1.82) is 0 Å². The van der Waals surface area contributed by atoms with Crippen LogP contribution in [0.25, 0.3) is 0 Å². The first kappa shape index (κ1) is 15.0. The molecule has 100 valence electrons. The Morgan fingerprint density at radius 1 is 0.737 bits per heavy atom. The highest BCUT2D eigenvalue weighted by atomic mass is 16.3. The Balaban J connectivity index is 3.47. The zero-order valence-electron chi connectivity index (χ0n) is 11.5. The Hall–Kier alpha value is -2.02. The molecular weight excluding hydrogens is 232 g/mol. The number of aromatic hydroxyl groups is 1. The highest BCUT2D eigenvalue weighted by Gasteiger charge is 2.14. The van der Waals surface area contributed by atoms with Crippen molar-refractivity contribution >= 4 is 0 Å². The zero-order chi connectivity index (χ0) is 14.3. The molecule has 1 aromatic carbocycles.